The molecule has 128 valence electrons. The summed E-state index contributed by atoms with van der Waals surface area (Å²) in [4.78, 5) is 16.2. The highest BCUT2D eigenvalue weighted by Crippen LogP contribution is 2.21. The van der Waals surface area contributed by atoms with Crippen molar-refractivity contribution in [3.63, 3.8) is 0 Å². The van der Waals surface area contributed by atoms with Crippen LogP contribution in [0.3, 0.4) is 0 Å². The lowest BCUT2D eigenvalue weighted by atomic mass is 10.1. The first-order chi connectivity index (χ1) is 10.4. The molecular formula is C15H27ClN2O3S. The highest BCUT2D eigenvalue weighted by Gasteiger charge is 2.31. The first kappa shape index (κ1) is 18.0. The van der Waals surface area contributed by atoms with E-state index in [4.69, 9.17) is 10.7 Å². The van der Waals surface area contributed by atoms with Gasteiger partial charge >= 0.3 is 0 Å². The van der Waals surface area contributed by atoms with Crippen LogP contribution in [0.4, 0.5) is 0 Å². The van der Waals surface area contributed by atoms with Crippen LogP contribution in [-0.4, -0.2) is 62.6 Å². The highest BCUT2D eigenvalue weighted by molar-refractivity contribution is 8.13. The summed E-state index contributed by atoms with van der Waals surface area (Å²) < 4.78 is 22.2. The Morgan fingerprint density at radius 2 is 1.68 bits per heavy atom. The first-order valence-electron chi connectivity index (χ1n) is 8.36. The largest absolute Gasteiger partial charge is 0.342 e. The zero-order valence-electron chi connectivity index (χ0n) is 13.2. The van der Waals surface area contributed by atoms with Crippen LogP contribution >= 0.6 is 10.7 Å². The molecule has 0 aliphatic carbocycles. The molecule has 1 amide bonds. The molecule has 0 aromatic heterocycles. The van der Waals surface area contributed by atoms with E-state index < -0.39 is 9.05 Å². The molecule has 0 bridgehead atoms. The smallest absolute Gasteiger partial charge is 0.232 e. The molecule has 22 heavy (non-hydrogen) atoms. The van der Waals surface area contributed by atoms with Crippen molar-refractivity contribution in [2.45, 2.75) is 44.9 Å². The van der Waals surface area contributed by atoms with Crippen molar-refractivity contribution in [3.8, 4) is 0 Å². The molecule has 2 heterocycles. The third-order valence-electron chi connectivity index (χ3n) is 4.58. The van der Waals surface area contributed by atoms with Gasteiger partial charge in [0.1, 0.15) is 0 Å². The zero-order chi connectivity index (χ0) is 16.0. The number of nitrogens with zero attached hydrogens (tertiary/aromatic N) is 2. The third kappa shape index (κ3) is 6.42. The molecule has 2 saturated heterocycles. The molecule has 2 aliphatic heterocycles. The van der Waals surface area contributed by atoms with Gasteiger partial charge in [0.25, 0.3) is 0 Å². The number of halogens is 1. The van der Waals surface area contributed by atoms with Crippen molar-refractivity contribution >= 4 is 25.6 Å². The van der Waals surface area contributed by atoms with Gasteiger partial charge in [-0.05, 0) is 45.3 Å². The molecule has 0 aromatic carbocycles. The average Bonchev–Trinajstić information content (AvgIpc) is 2.64. The number of carbonyl (C=O) groups is 1. The number of rotatable bonds is 7. The maximum absolute atomic E-state index is 11.9. The summed E-state index contributed by atoms with van der Waals surface area (Å²) in [6.07, 6.45) is 7.72. The molecule has 1 unspecified atom stereocenters. The quantitative estimate of drug-likeness (QED) is 0.521. The van der Waals surface area contributed by atoms with Crippen molar-refractivity contribution in [1.82, 2.24) is 9.80 Å². The number of unbranched alkanes of at least 4 members (excludes halogenated alkanes) is 1. The van der Waals surface area contributed by atoms with E-state index in [1.165, 1.54) is 38.8 Å². The lowest BCUT2D eigenvalue weighted by Gasteiger charge is -2.21. The monoisotopic (exact) mass is 350 g/mol. The van der Waals surface area contributed by atoms with Crippen LogP contribution in [0.5, 0.6) is 0 Å². The number of likely N-dealkylation sites (tertiary alicyclic amines) is 2. The van der Waals surface area contributed by atoms with Crippen LogP contribution in [0.1, 0.15) is 44.9 Å². The first-order valence-corrected chi connectivity index (χ1v) is 10.8. The van der Waals surface area contributed by atoms with Gasteiger partial charge in [0, 0.05) is 36.1 Å². The van der Waals surface area contributed by atoms with Crippen molar-refractivity contribution in [2.75, 3.05) is 38.5 Å². The van der Waals surface area contributed by atoms with E-state index in [0.29, 0.717) is 13.0 Å². The normalized spacial score (nSPS) is 24.7. The minimum absolute atomic E-state index is 0.0695. The molecule has 2 aliphatic rings. The Kier molecular flexibility index (Phi) is 6.96. The van der Waals surface area contributed by atoms with Crippen molar-refractivity contribution in [3.05, 3.63) is 0 Å². The lowest BCUT2D eigenvalue weighted by molar-refractivity contribution is -0.127. The standard InChI is InChI=1S/C15H27ClN2O3S/c16-22(20,21)13-14-11-15(19)18(12-14)10-6-5-9-17-7-3-1-2-4-8-17/h14H,1-13H2. The second-order valence-corrected chi connectivity index (χ2v) is 9.40. The van der Waals surface area contributed by atoms with E-state index >= 15 is 0 Å². The number of amides is 1. The number of hydrogen-bond acceptors (Lipinski definition) is 4. The van der Waals surface area contributed by atoms with E-state index in [9.17, 15) is 13.2 Å². The Morgan fingerprint density at radius 3 is 2.32 bits per heavy atom. The molecule has 2 rings (SSSR count). The molecule has 0 aromatic rings. The summed E-state index contributed by atoms with van der Waals surface area (Å²) >= 11 is 0. The Labute approximate surface area is 138 Å². The Balaban J connectivity index is 1.63. The second kappa shape index (κ2) is 8.50. The topological polar surface area (TPSA) is 57.7 Å². The van der Waals surface area contributed by atoms with Crippen molar-refractivity contribution in [1.29, 1.82) is 0 Å². The number of carbonyl (C=O) groups excluding carboxylic acids is 1. The van der Waals surface area contributed by atoms with E-state index in [1.807, 2.05) is 0 Å². The molecule has 1 atom stereocenters. The van der Waals surface area contributed by atoms with E-state index in [2.05, 4.69) is 4.90 Å². The average molecular weight is 351 g/mol. The predicted octanol–water partition coefficient (Wildman–Crippen LogP) is 2.06. The molecule has 7 heteroatoms. The van der Waals surface area contributed by atoms with Crippen LogP contribution in [0.2, 0.25) is 0 Å². The molecule has 0 radical (unpaired) electrons. The third-order valence-corrected chi connectivity index (χ3v) is 5.83. The molecule has 5 nitrogen and oxygen atoms in total. The SMILES string of the molecule is O=C1CC(CS(=O)(=O)Cl)CN1CCCCN1CCCCCC1. The van der Waals surface area contributed by atoms with Gasteiger partial charge in [-0.3, -0.25) is 4.79 Å². The lowest BCUT2D eigenvalue weighted by Crippen LogP contribution is -2.29. The van der Waals surface area contributed by atoms with Gasteiger partial charge in [-0.25, -0.2) is 8.42 Å². The summed E-state index contributed by atoms with van der Waals surface area (Å²) in [5.41, 5.74) is 0. The summed E-state index contributed by atoms with van der Waals surface area (Å²) in [6.45, 7) is 4.80. The van der Waals surface area contributed by atoms with Crippen LogP contribution in [0.15, 0.2) is 0 Å². The molecular weight excluding hydrogens is 324 g/mol. The summed E-state index contributed by atoms with van der Waals surface area (Å²) in [6, 6.07) is 0. The molecule has 0 saturated carbocycles. The maximum Gasteiger partial charge on any atom is 0.232 e. The van der Waals surface area contributed by atoms with Gasteiger partial charge < -0.3 is 9.80 Å². The minimum atomic E-state index is -3.51. The summed E-state index contributed by atoms with van der Waals surface area (Å²) in [5.74, 6) is -0.161. The highest BCUT2D eigenvalue weighted by atomic mass is 35.7. The Bertz CT molecular complexity index is 461. The van der Waals surface area contributed by atoms with Gasteiger partial charge in [0.15, 0.2) is 0 Å². The van der Waals surface area contributed by atoms with Crippen LogP contribution in [0.25, 0.3) is 0 Å². The van der Waals surface area contributed by atoms with E-state index in [0.717, 1.165) is 25.9 Å². The number of hydrogen-bond donors (Lipinski definition) is 0. The fourth-order valence-electron chi connectivity index (χ4n) is 3.46. The van der Waals surface area contributed by atoms with Crippen LogP contribution < -0.4 is 0 Å². The van der Waals surface area contributed by atoms with Crippen molar-refractivity contribution in [2.24, 2.45) is 5.92 Å². The van der Waals surface area contributed by atoms with Crippen molar-refractivity contribution < 1.29 is 13.2 Å². The van der Waals surface area contributed by atoms with Gasteiger partial charge in [-0.1, -0.05) is 12.8 Å². The minimum Gasteiger partial charge on any atom is -0.342 e. The second-order valence-electron chi connectivity index (χ2n) is 6.58. The van der Waals surface area contributed by atoms with Gasteiger partial charge in [0.05, 0.1) is 5.75 Å². The summed E-state index contributed by atoms with van der Waals surface area (Å²) in [5, 5.41) is 0. The van der Waals surface area contributed by atoms with E-state index in [-0.39, 0.29) is 17.6 Å². The van der Waals surface area contributed by atoms with Gasteiger partial charge in [-0.15, -0.1) is 0 Å². The molecule has 2 fully saturated rings. The van der Waals surface area contributed by atoms with Gasteiger partial charge in [-0.2, -0.15) is 0 Å². The van der Waals surface area contributed by atoms with Gasteiger partial charge in [0.2, 0.25) is 15.0 Å². The molecule has 0 N–H and O–H groups in total. The fourth-order valence-corrected chi connectivity index (χ4v) is 4.78. The van der Waals surface area contributed by atoms with E-state index in [1.54, 1.807) is 4.90 Å². The maximum atomic E-state index is 11.9. The Morgan fingerprint density at radius 1 is 1.05 bits per heavy atom. The Hall–Kier alpha value is -0.330. The van der Waals surface area contributed by atoms with Crippen LogP contribution in [-0.2, 0) is 13.8 Å². The molecule has 0 spiro atoms. The summed E-state index contributed by atoms with van der Waals surface area (Å²) in [7, 11) is 1.76. The zero-order valence-corrected chi connectivity index (χ0v) is 14.7. The predicted molar refractivity (Wildman–Crippen MR) is 88.5 cm³/mol. The fraction of sp³-hybridized carbons (Fsp3) is 0.933. The van der Waals surface area contributed by atoms with Crippen LogP contribution in [0, 0.1) is 5.92 Å².